The number of benzene rings is 2. The number of hydrazone groups is 1. The first-order chi connectivity index (χ1) is 15.0. The molecule has 0 atom stereocenters. The van der Waals surface area contributed by atoms with Gasteiger partial charge in [-0.1, -0.05) is 50.6 Å². The Morgan fingerprint density at radius 2 is 1.84 bits per heavy atom. The van der Waals surface area contributed by atoms with Crippen molar-refractivity contribution in [2.45, 2.75) is 33.1 Å². The Morgan fingerprint density at radius 1 is 1.03 bits per heavy atom. The van der Waals surface area contributed by atoms with Crippen LogP contribution in [0.5, 0.6) is 5.75 Å². The first kappa shape index (κ1) is 23.6. The lowest BCUT2D eigenvalue weighted by Crippen LogP contribution is -2.38. The summed E-state index contributed by atoms with van der Waals surface area (Å²) in [6.45, 7) is 4.32. The standard InChI is InChI=1S/C23H28N4O4/c1-3-5-13-24-22(29)23(30)27-25-15-17-9-8-11-19(14-17)31-16-21(28)26-20-12-7-6-10-18(20)4-2/h6-12,14-15H,3-5,13,16H2,1-2H3,(H,24,29)(H,26,28)(H,27,30)/b25-15-. The Bertz CT molecular complexity index is 927. The molecule has 0 bridgehead atoms. The van der Waals surface area contributed by atoms with E-state index in [9.17, 15) is 14.4 Å². The molecule has 0 saturated heterocycles. The number of unbranched alkanes of at least 4 members (excludes halogenated alkanes) is 1. The number of aryl methyl sites for hydroxylation is 1. The van der Waals surface area contributed by atoms with Gasteiger partial charge in [-0.25, -0.2) is 5.43 Å². The number of carbonyl (C=O) groups is 3. The molecular weight excluding hydrogens is 396 g/mol. The number of rotatable bonds is 10. The summed E-state index contributed by atoms with van der Waals surface area (Å²) in [5.41, 5.74) is 4.64. The molecule has 0 aliphatic heterocycles. The second-order valence-corrected chi connectivity index (χ2v) is 6.73. The maximum atomic E-state index is 12.2. The van der Waals surface area contributed by atoms with E-state index in [1.165, 1.54) is 6.21 Å². The van der Waals surface area contributed by atoms with Crippen LogP contribution >= 0.6 is 0 Å². The predicted octanol–water partition coefficient (Wildman–Crippen LogP) is 2.63. The van der Waals surface area contributed by atoms with Crippen LogP contribution in [-0.2, 0) is 20.8 Å². The quantitative estimate of drug-likeness (QED) is 0.236. The Hall–Kier alpha value is -3.68. The van der Waals surface area contributed by atoms with Gasteiger partial charge >= 0.3 is 11.8 Å². The minimum Gasteiger partial charge on any atom is -0.484 e. The van der Waals surface area contributed by atoms with Gasteiger partial charge in [-0.3, -0.25) is 14.4 Å². The lowest BCUT2D eigenvalue weighted by molar-refractivity contribution is -0.139. The van der Waals surface area contributed by atoms with Gasteiger partial charge in [-0.2, -0.15) is 5.10 Å². The molecule has 0 spiro atoms. The molecule has 0 heterocycles. The van der Waals surface area contributed by atoms with E-state index in [4.69, 9.17) is 4.74 Å². The molecule has 0 radical (unpaired) electrons. The normalized spacial score (nSPS) is 10.5. The molecule has 164 valence electrons. The summed E-state index contributed by atoms with van der Waals surface area (Å²) >= 11 is 0. The molecule has 0 saturated carbocycles. The number of ether oxygens (including phenoxy) is 1. The van der Waals surface area contributed by atoms with E-state index in [1.807, 2.05) is 38.1 Å². The van der Waals surface area contributed by atoms with E-state index in [2.05, 4.69) is 21.2 Å². The van der Waals surface area contributed by atoms with E-state index in [0.29, 0.717) is 17.9 Å². The van der Waals surface area contributed by atoms with Crippen LogP contribution in [0, 0.1) is 0 Å². The average Bonchev–Trinajstić information content (AvgIpc) is 2.78. The van der Waals surface area contributed by atoms with Gasteiger partial charge in [0, 0.05) is 12.2 Å². The highest BCUT2D eigenvalue weighted by Gasteiger charge is 2.11. The van der Waals surface area contributed by atoms with E-state index in [0.717, 1.165) is 30.5 Å². The fourth-order valence-corrected chi connectivity index (χ4v) is 2.65. The summed E-state index contributed by atoms with van der Waals surface area (Å²) < 4.78 is 5.55. The third kappa shape index (κ3) is 8.30. The molecular formula is C23H28N4O4. The number of para-hydroxylation sites is 1. The summed E-state index contributed by atoms with van der Waals surface area (Å²) in [6, 6.07) is 14.5. The van der Waals surface area contributed by atoms with Crippen molar-refractivity contribution in [3.8, 4) is 5.75 Å². The van der Waals surface area contributed by atoms with Crippen LogP contribution in [0.2, 0.25) is 0 Å². The van der Waals surface area contributed by atoms with Gasteiger partial charge in [0.2, 0.25) is 0 Å². The molecule has 3 N–H and O–H groups in total. The molecule has 0 fully saturated rings. The number of nitrogens with zero attached hydrogens (tertiary/aromatic N) is 1. The van der Waals surface area contributed by atoms with Crippen molar-refractivity contribution in [1.29, 1.82) is 0 Å². The number of anilines is 1. The number of hydrogen-bond acceptors (Lipinski definition) is 5. The number of carbonyl (C=O) groups excluding carboxylic acids is 3. The molecule has 8 heteroatoms. The minimum atomic E-state index is -0.830. The first-order valence-electron chi connectivity index (χ1n) is 10.2. The van der Waals surface area contributed by atoms with Crippen molar-refractivity contribution in [2.24, 2.45) is 5.10 Å². The highest BCUT2D eigenvalue weighted by molar-refractivity contribution is 6.35. The molecule has 8 nitrogen and oxygen atoms in total. The second-order valence-electron chi connectivity index (χ2n) is 6.73. The monoisotopic (exact) mass is 424 g/mol. The molecule has 0 aliphatic rings. The maximum absolute atomic E-state index is 12.2. The molecule has 0 aromatic heterocycles. The molecule has 0 unspecified atom stereocenters. The Labute approximate surface area is 182 Å². The largest absolute Gasteiger partial charge is 0.484 e. The van der Waals surface area contributed by atoms with Crippen LogP contribution in [0.4, 0.5) is 5.69 Å². The fraction of sp³-hybridized carbons (Fsp3) is 0.304. The number of amides is 3. The van der Waals surface area contributed by atoms with Gasteiger partial charge in [0.25, 0.3) is 5.91 Å². The highest BCUT2D eigenvalue weighted by Crippen LogP contribution is 2.16. The minimum absolute atomic E-state index is 0.146. The lowest BCUT2D eigenvalue weighted by atomic mass is 10.1. The zero-order valence-electron chi connectivity index (χ0n) is 17.8. The van der Waals surface area contributed by atoms with Gasteiger partial charge in [-0.15, -0.1) is 0 Å². The van der Waals surface area contributed by atoms with Gasteiger partial charge in [0.05, 0.1) is 6.21 Å². The SMILES string of the molecule is CCCCNC(=O)C(=O)N/N=C\c1cccc(OCC(=O)Nc2ccccc2CC)c1. The average molecular weight is 425 g/mol. The van der Waals surface area contributed by atoms with Gasteiger partial charge < -0.3 is 15.4 Å². The third-order valence-corrected chi connectivity index (χ3v) is 4.30. The Kier molecular flexibility index (Phi) is 9.74. The topological polar surface area (TPSA) is 109 Å². The summed E-state index contributed by atoms with van der Waals surface area (Å²) in [5.74, 6) is -1.34. The van der Waals surface area contributed by atoms with E-state index >= 15 is 0 Å². The van der Waals surface area contributed by atoms with Crippen molar-refractivity contribution in [3.63, 3.8) is 0 Å². The van der Waals surface area contributed by atoms with Crippen LogP contribution in [0.25, 0.3) is 0 Å². The summed E-state index contributed by atoms with van der Waals surface area (Å²) in [6.07, 6.45) is 3.93. The fourth-order valence-electron chi connectivity index (χ4n) is 2.65. The summed E-state index contributed by atoms with van der Waals surface area (Å²) in [5, 5.41) is 9.14. The third-order valence-electron chi connectivity index (χ3n) is 4.30. The number of hydrogen-bond donors (Lipinski definition) is 3. The first-order valence-corrected chi connectivity index (χ1v) is 10.2. The number of nitrogens with one attached hydrogen (secondary N) is 3. The van der Waals surface area contributed by atoms with E-state index in [1.54, 1.807) is 24.3 Å². The van der Waals surface area contributed by atoms with Gasteiger partial charge in [-0.05, 0) is 42.2 Å². The van der Waals surface area contributed by atoms with E-state index in [-0.39, 0.29) is 12.5 Å². The Morgan fingerprint density at radius 3 is 2.61 bits per heavy atom. The van der Waals surface area contributed by atoms with Crippen molar-refractivity contribution in [2.75, 3.05) is 18.5 Å². The second kappa shape index (κ2) is 12.8. The summed E-state index contributed by atoms with van der Waals surface area (Å²) in [4.78, 5) is 35.4. The van der Waals surface area contributed by atoms with Crippen LogP contribution < -0.4 is 20.8 Å². The molecule has 31 heavy (non-hydrogen) atoms. The molecule has 0 aliphatic carbocycles. The zero-order valence-corrected chi connectivity index (χ0v) is 17.8. The van der Waals surface area contributed by atoms with Crippen LogP contribution in [0.1, 0.15) is 37.8 Å². The Balaban J connectivity index is 1.83. The smallest absolute Gasteiger partial charge is 0.329 e. The van der Waals surface area contributed by atoms with Crippen molar-refractivity contribution < 1.29 is 19.1 Å². The van der Waals surface area contributed by atoms with Crippen molar-refractivity contribution in [1.82, 2.24) is 10.7 Å². The van der Waals surface area contributed by atoms with Gasteiger partial charge in [0.15, 0.2) is 6.61 Å². The van der Waals surface area contributed by atoms with E-state index < -0.39 is 11.8 Å². The molecule has 3 amide bonds. The molecule has 2 aromatic carbocycles. The maximum Gasteiger partial charge on any atom is 0.329 e. The van der Waals surface area contributed by atoms with Crippen LogP contribution in [0.15, 0.2) is 53.6 Å². The highest BCUT2D eigenvalue weighted by atomic mass is 16.5. The van der Waals surface area contributed by atoms with Crippen molar-refractivity contribution in [3.05, 3.63) is 59.7 Å². The zero-order chi connectivity index (χ0) is 22.5. The molecule has 2 rings (SSSR count). The predicted molar refractivity (Wildman–Crippen MR) is 120 cm³/mol. The van der Waals surface area contributed by atoms with Crippen LogP contribution in [0.3, 0.4) is 0 Å². The molecule has 2 aromatic rings. The lowest BCUT2D eigenvalue weighted by Gasteiger charge is -2.10. The van der Waals surface area contributed by atoms with Crippen LogP contribution in [-0.4, -0.2) is 37.1 Å². The van der Waals surface area contributed by atoms with Gasteiger partial charge in [0.1, 0.15) is 5.75 Å². The van der Waals surface area contributed by atoms with Crippen molar-refractivity contribution >= 4 is 29.6 Å². The summed E-state index contributed by atoms with van der Waals surface area (Å²) in [7, 11) is 0.